The highest BCUT2D eigenvalue weighted by molar-refractivity contribution is 9.10. The Morgan fingerprint density at radius 2 is 1.71 bits per heavy atom. The zero-order valence-electron chi connectivity index (χ0n) is 15.0. The zero-order chi connectivity index (χ0) is 19.8. The fourth-order valence-electron chi connectivity index (χ4n) is 2.42. The summed E-state index contributed by atoms with van der Waals surface area (Å²) in [6.07, 6.45) is 0.251. The van der Waals surface area contributed by atoms with E-state index < -0.39 is 12.0 Å². The quantitative estimate of drug-likeness (QED) is 0.428. The molecular weight excluding hydrogens is 420 g/mol. The van der Waals surface area contributed by atoms with Gasteiger partial charge in [0.25, 0.3) is 5.91 Å². The molecule has 3 aromatic carbocycles. The molecule has 0 aromatic heterocycles. The number of rotatable bonds is 7. The molecule has 0 bridgehead atoms. The van der Waals surface area contributed by atoms with E-state index in [0.717, 1.165) is 21.3 Å². The predicted molar refractivity (Wildman–Crippen MR) is 112 cm³/mol. The summed E-state index contributed by atoms with van der Waals surface area (Å²) in [7, 11) is 0. The Balaban J connectivity index is 1.49. The van der Waals surface area contributed by atoms with E-state index in [9.17, 15) is 9.90 Å². The lowest BCUT2D eigenvalue weighted by Gasteiger charge is -2.08. The molecule has 3 aromatic rings. The Labute approximate surface area is 171 Å². The van der Waals surface area contributed by atoms with Gasteiger partial charge < -0.3 is 9.84 Å². The van der Waals surface area contributed by atoms with E-state index in [4.69, 9.17) is 4.74 Å². The Morgan fingerprint density at radius 3 is 2.39 bits per heavy atom. The third-order valence-corrected chi connectivity index (χ3v) is 4.48. The van der Waals surface area contributed by atoms with Gasteiger partial charge in [-0.2, -0.15) is 5.10 Å². The molecule has 0 spiro atoms. The second-order valence-corrected chi connectivity index (χ2v) is 6.95. The van der Waals surface area contributed by atoms with Gasteiger partial charge in [-0.1, -0.05) is 58.4 Å². The highest BCUT2D eigenvalue weighted by Crippen LogP contribution is 2.16. The van der Waals surface area contributed by atoms with Crippen LogP contribution >= 0.6 is 15.9 Å². The van der Waals surface area contributed by atoms with E-state index in [1.54, 1.807) is 24.3 Å². The minimum absolute atomic E-state index is 0.480. The Hall–Kier alpha value is -2.96. The van der Waals surface area contributed by atoms with E-state index in [2.05, 4.69) is 26.5 Å². The number of carbonyl (C=O) groups excluding carboxylic acids is 1. The number of carbonyl (C=O) groups is 1. The van der Waals surface area contributed by atoms with E-state index >= 15 is 0 Å². The second kappa shape index (κ2) is 9.82. The summed E-state index contributed by atoms with van der Waals surface area (Å²) in [5.41, 5.74) is 4.73. The van der Waals surface area contributed by atoms with Crippen molar-refractivity contribution in [1.29, 1.82) is 0 Å². The molecule has 1 unspecified atom stereocenters. The highest BCUT2D eigenvalue weighted by Gasteiger charge is 2.15. The molecule has 6 heteroatoms. The predicted octanol–water partition coefficient (Wildman–Crippen LogP) is 4.21. The van der Waals surface area contributed by atoms with Gasteiger partial charge in [0, 0.05) is 4.47 Å². The summed E-state index contributed by atoms with van der Waals surface area (Å²) in [6, 6.07) is 24.0. The average molecular weight is 439 g/mol. The van der Waals surface area contributed by atoms with Crippen LogP contribution in [0.4, 0.5) is 0 Å². The maximum Gasteiger partial charge on any atom is 0.273 e. The van der Waals surface area contributed by atoms with Crippen molar-refractivity contribution >= 4 is 28.1 Å². The third kappa shape index (κ3) is 5.77. The van der Waals surface area contributed by atoms with Gasteiger partial charge in [0.2, 0.25) is 0 Å². The largest absolute Gasteiger partial charge is 0.489 e. The van der Waals surface area contributed by atoms with E-state index in [1.807, 2.05) is 54.6 Å². The molecule has 2 N–H and O–H groups in total. The van der Waals surface area contributed by atoms with Crippen molar-refractivity contribution in [1.82, 2.24) is 5.43 Å². The Bertz CT molecular complexity index is 926. The minimum atomic E-state index is -1.26. The standard InChI is InChI=1S/C22H19BrN2O3/c23-19-10-6-17(7-11-19)15-28-20-12-8-16(9-13-20)14-24-25-22(27)21(26)18-4-2-1-3-5-18/h1-14,21,26H,15H2,(H,25,27)/b24-14+. The van der Waals surface area contributed by atoms with Crippen LogP contribution in [-0.2, 0) is 11.4 Å². The topological polar surface area (TPSA) is 70.9 Å². The molecule has 3 rings (SSSR count). The van der Waals surface area contributed by atoms with Crippen LogP contribution in [0.2, 0.25) is 0 Å². The van der Waals surface area contributed by atoms with Crippen LogP contribution < -0.4 is 10.2 Å². The van der Waals surface area contributed by atoms with Crippen LogP contribution in [0.3, 0.4) is 0 Å². The van der Waals surface area contributed by atoms with Crippen molar-refractivity contribution in [3.05, 3.63) is 100 Å². The number of aliphatic hydroxyl groups excluding tert-OH is 1. The fourth-order valence-corrected chi connectivity index (χ4v) is 2.68. The molecule has 0 aliphatic heterocycles. The first-order valence-corrected chi connectivity index (χ1v) is 9.44. The molecule has 0 aliphatic carbocycles. The maximum absolute atomic E-state index is 11.9. The Morgan fingerprint density at radius 1 is 1.04 bits per heavy atom. The van der Waals surface area contributed by atoms with Crippen LogP contribution in [0.15, 0.2) is 88.4 Å². The van der Waals surface area contributed by atoms with Crippen molar-refractivity contribution in [2.45, 2.75) is 12.7 Å². The summed E-state index contributed by atoms with van der Waals surface area (Å²) >= 11 is 3.41. The van der Waals surface area contributed by atoms with Crippen LogP contribution in [-0.4, -0.2) is 17.2 Å². The van der Waals surface area contributed by atoms with Crippen LogP contribution in [0.1, 0.15) is 22.8 Å². The number of ether oxygens (including phenoxy) is 1. The first-order chi connectivity index (χ1) is 13.6. The minimum Gasteiger partial charge on any atom is -0.489 e. The van der Waals surface area contributed by atoms with Crippen LogP contribution in [0.5, 0.6) is 5.75 Å². The summed E-state index contributed by atoms with van der Waals surface area (Å²) in [4.78, 5) is 11.9. The first-order valence-electron chi connectivity index (χ1n) is 8.65. The van der Waals surface area contributed by atoms with Gasteiger partial charge in [-0.25, -0.2) is 5.43 Å². The molecular formula is C22H19BrN2O3. The number of hydrogen-bond acceptors (Lipinski definition) is 4. The number of amides is 1. The van der Waals surface area contributed by atoms with Crippen molar-refractivity contribution < 1.29 is 14.6 Å². The molecule has 0 radical (unpaired) electrons. The Kier molecular flexibility index (Phi) is 6.94. The van der Waals surface area contributed by atoms with Gasteiger partial charge in [-0.15, -0.1) is 0 Å². The molecule has 0 aliphatic rings. The third-order valence-electron chi connectivity index (χ3n) is 3.95. The lowest BCUT2D eigenvalue weighted by Crippen LogP contribution is -2.25. The van der Waals surface area contributed by atoms with Gasteiger partial charge in [0.1, 0.15) is 12.4 Å². The molecule has 0 saturated carbocycles. The average Bonchev–Trinajstić information content (AvgIpc) is 2.74. The van der Waals surface area contributed by atoms with Gasteiger partial charge in [-0.3, -0.25) is 4.79 Å². The van der Waals surface area contributed by atoms with Gasteiger partial charge in [0.15, 0.2) is 6.10 Å². The van der Waals surface area contributed by atoms with Crippen LogP contribution in [0, 0.1) is 0 Å². The summed E-state index contributed by atoms with van der Waals surface area (Å²) in [6.45, 7) is 0.480. The molecule has 0 fully saturated rings. The van der Waals surface area contributed by atoms with Crippen molar-refractivity contribution in [2.75, 3.05) is 0 Å². The summed E-state index contributed by atoms with van der Waals surface area (Å²) in [5.74, 6) is 0.153. The number of hydrazone groups is 1. The number of hydrogen-bond donors (Lipinski definition) is 2. The smallest absolute Gasteiger partial charge is 0.273 e. The molecule has 5 nitrogen and oxygen atoms in total. The van der Waals surface area contributed by atoms with Crippen molar-refractivity contribution in [3.8, 4) is 5.75 Å². The van der Waals surface area contributed by atoms with E-state index in [1.165, 1.54) is 6.21 Å². The monoisotopic (exact) mass is 438 g/mol. The maximum atomic E-state index is 11.9. The normalized spacial score (nSPS) is 11.9. The second-order valence-electron chi connectivity index (χ2n) is 6.03. The van der Waals surface area contributed by atoms with E-state index in [-0.39, 0.29) is 0 Å². The molecule has 142 valence electrons. The molecule has 1 atom stereocenters. The van der Waals surface area contributed by atoms with E-state index in [0.29, 0.717) is 12.2 Å². The molecule has 28 heavy (non-hydrogen) atoms. The fraction of sp³-hybridized carbons (Fsp3) is 0.0909. The number of nitrogens with zero attached hydrogens (tertiary/aromatic N) is 1. The first kappa shape index (κ1) is 19.8. The van der Waals surface area contributed by atoms with Gasteiger partial charge in [0.05, 0.1) is 6.21 Å². The highest BCUT2D eigenvalue weighted by atomic mass is 79.9. The lowest BCUT2D eigenvalue weighted by atomic mass is 10.1. The zero-order valence-corrected chi connectivity index (χ0v) is 16.5. The summed E-state index contributed by atoms with van der Waals surface area (Å²) in [5, 5.41) is 13.9. The van der Waals surface area contributed by atoms with Crippen LogP contribution in [0.25, 0.3) is 0 Å². The molecule has 1 amide bonds. The summed E-state index contributed by atoms with van der Waals surface area (Å²) < 4.78 is 6.78. The lowest BCUT2D eigenvalue weighted by molar-refractivity contribution is -0.129. The molecule has 0 heterocycles. The number of benzene rings is 3. The van der Waals surface area contributed by atoms with Crippen molar-refractivity contribution in [3.63, 3.8) is 0 Å². The molecule has 0 saturated heterocycles. The van der Waals surface area contributed by atoms with Crippen molar-refractivity contribution in [2.24, 2.45) is 5.10 Å². The SMILES string of the molecule is O=C(N/N=C/c1ccc(OCc2ccc(Br)cc2)cc1)C(O)c1ccccc1. The number of aliphatic hydroxyl groups is 1. The number of nitrogens with one attached hydrogen (secondary N) is 1. The van der Waals surface area contributed by atoms with Gasteiger partial charge in [-0.05, 0) is 53.1 Å². The van der Waals surface area contributed by atoms with Gasteiger partial charge >= 0.3 is 0 Å². The number of halogens is 1.